The van der Waals surface area contributed by atoms with Crippen LogP contribution in [0.5, 0.6) is 0 Å². The molecule has 3 N–H and O–H groups in total. The highest BCUT2D eigenvalue weighted by Crippen LogP contribution is 2.10. The van der Waals surface area contributed by atoms with Crippen LogP contribution in [0.4, 0.5) is 4.79 Å². The van der Waals surface area contributed by atoms with Gasteiger partial charge in [-0.25, -0.2) is 4.79 Å². The van der Waals surface area contributed by atoms with E-state index < -0.39 is 6.03 Å². The quantitative estimate of drug-likeness (QED) is 0.643. The monoisotopic (exact) mass is 284 g/mol. The van der Waals surface area contributed by atoms with Gasteiger partial charge in [-0.2, -0.15) is 0 Å². The summed E-state index contributed by atoms with van der Waals surface area (Å²) in [7, 11) is 0. The number of hydrogen-bond donors (Lipinski definition) is 3. The van der Waals surface area contributed by atoms with Gasteiger partial charge in [0.1, 0.15) is 0 Å². The van der Waals surface area contributed by atoms with Gasteiger partial charge in [0.15, 0.2) is 0 Å². The van der Waals surface area contributed by atoms with E-state index in [0.29, 0.717) is 19.1 Å². The number of hydrogen-bond acceptors (Lipinski definition) is 4. The molecular weight excluding hydrogens is 256 g/mol. The fraction of sp³-hybridized carbons (Fsp3) is 0.857. The molecule has 1 fully saturated rings. The topological polar surface area (TPSA) is 73.5 Å². The van der Waals surface area contributed by atoms with Gasteiger partial charge in [0.2, 0.25) is 5.91 Å². The Labute approximate surface area is 121 Å². The fourth-order valence-corrected chi connectivity index (χ4v) is 2.46. The van der Waals surface area contributed by atoms with Gasteiger partial charge in [0.05, 0.1) is 6.54 Å². The van der Waals surface area contributed by atoms with Crippen molar-refractivity contribution in [3.8, 4) is 0 Å². The molecule has 0 aromatic carbocycles. The summed E-state index contributed by atoms with van der Waals surface area (Å²) in [4.78, 5) is 25.5. The van der Waals surface area contributed by atoms with E-state index in [-0.39, 0.29) is 5.91 Å². The molecule has 1 saturated heterocycles. The predicted molar refractivity (Wildman–Crippen MR) is 79.6 cm³/mol. The van der Waals surface area contributed by atoms with E-state index in [4.69, 9.17) is 0 Å². The van der Waals surface area contributed by atoms with Gasteiger partial charge in [-0.1, -0.05) is 13.8 Å². The first-order valence-electron chi connectivity index (χ1n) is 7.69. The molecule has 0 aliphatic carbocycles. The third-order valence-electron chi connectivity index (χ3n) is 3.43. The van der Waals surface area contributed by atoms with Gasteiger partial charge in [-0.05, 0) is 38.8 Å². The summed E-state index contributed by atoms with van der Waals surface area (Å²) in [5.74, 6) is -0.224. The summed E-state index contributed by atoms with van der Waals surface area (Å²) in [6.45, 7) is 7.83. The minimum absolute atomic E-state index is 0.224. The van der Waals surface area contributed by atoms with Crippen LogP contribution in [0, 0.1) is 0 Å². The van der Waals surface area contributed by atoms with E-state index in [0.717, 1.165) is 45.3 Å². The lowest BCUT2D eigenvalue weighted by atomic mass is 10.1. The van der Waals surface area contributed by atoms with Crippen LogP contribution < -0.4 is 16.0 Å². The maximum atomic E-state index is 11.9. The van der Waals surface area contributed by atoms with Crippen LogP contribution in [-0.4, -0.2) is 55.6 Å². The molecule has 1 heterocycles. The highest BCUT2D eigenvalue weighted by atomic mass is 16.2. The highest BCUT2D eigenvalue weighted by molar-refractivity contribution is 5.95. The average Bonchev–Trinajstić information content (AvgIpc) is 2.45. The average molecular weight is 284 g/mol. The Hall–Kier alpha value is -1.14. The Bertz CT molecular complexity index is 304. The van der Waals surface area contributed by atoms with Gasteiger partial charge in [-0.3, -0.25) is 15.0 Å². The third kappa shape index (κ3) is 6.34. The largest absolute Gasteiger partial charge is 0.338 e. The van der Waals surface area contributed by atoms with Gasteiger partial charge < -0.3 is 10.6 Å². The lowest BCUT2D eigenvalue weighted by Gasteiger charge is -2.33. The fourth-order valence-electron chi connectivity index (χ4n) is 2.46. The number of piperidine rings is 1. The predicted octanol–water partition coefficient (Wildman–Crippen LogP) is 0.686. The van der Waals surface area contributed by atoms with Crippen LogP contribution in [0.3, 0.4) is 0 Å². The normalized spacial score (nSPS) is 18.9. The van der Waals surface area contributed by atoms with E-state index in [1.807, 2.05) is 6.92 Å². The van der Waals surface area contributed by atoms with Crippen molar-refractivity contribution in [1.82, 2.24) is 20.9 Å². The number of nitrogens with zero attached hydrogens (tertiary/aromatic N) is 1. The standard InChI is InChI=1S/C14H28N4O2/c1-3-7-16-14(20)17-13(19)11-18(9-4-2)12-6-5-8-15-10-12/h12,15H,3-11H2,1-2H3,(H2,16,17,19,20). The summed E-state index contributed by atoms with van der Waals surface area (Å²) in [6, 6.07) is 0.00298. The lowest BCUT2D eigenvalue weighted by Crippen LogP contribution is -2.51. The second-order valence-corrected chi connectivity index (χ2v) is 5.27. The molecule has 116 valence electrons. The van der Waals surface area contributed by atoms with E-state index in [2.05, 4.69) is 27.8 Å². The SMILES string of the molecule is CCCNC(=O)NC(=O)CN(CCC)C1CCCNC1. The number of urea groups is 1. The van der Waals surface area contributed by atoms with E-state index in [1.54, 1.807) is 0 Å². The first-order chi connectivity index (χ1) is 9.67. The van der Waals surface area contributed by atoms with Crippen LogP contribution in [0.2, 0.25) is 0 Å². The lowest BCUT2D eigenvalue weighted by molar-refractivity contribution is -0.121. The Morgan fingerprint density at radius 2 is 2.10 bits per heavy atom. The first-order valence-corrected chi connectivity index (χ1v) is 7.69. The molecule has 1 rings (SSSR count). The molecule has 1 unspecified atom stereocenters. The molecule has 0 aromatic rings. The summed E-state index contributed by atoms with van der Waals surface area (Å²) >= 11 is 0. The van der Waals surface area contributed by atoms with Crippen molar-refractivity contribution >= 4 is 11.9 Å². The van der Waals surface area contributed by atoms with Gasteiger partial charge >= 0.3 is 6.03 Å². The molecule has 1 atom stereocenters. The molecule has 1 aliphatic rings. The Kier molecular flexibility index (Phi) is 8.22. The van der Waals surface area contributed by atoms with Crippen molar-refractivity contribution in [2.75, 3.05) is 32.7 Å². The number of carbonyl (C=O) groups is 2. The molecule has 6 heteroatoms. The molecule has 0 bridgehead atoms. The Morgan fingerprint density at radius 1 is 1.30 bits per heavy atom. The van der Waals surface area contributed by atoms with Gasteiger partial charge in [-0.15, -0.1) is 0 Å². The van der Waals surface area contributed by atoms with Crippen molar-refractivity contribution in [1.29, 1.82) is 0 Å². The van der Waals surface area contributed by atoms with Crippen LogP contribution in [0.25, 0.3) is 0 Å². The van der Waals surface area contributed by atoms with Gasteiger partial charge in [0, 0.05) is 19.1 Å². The minimum atomic E-state index is -0.393. The summed E-state index contributed by atoms with van der Waals surface area (Å²) in [5.41, 5.74) is 0. The number of nitrogens with one attached hydrogen (secondary N) is 3. The molecule has 1 aliphatic heterocycles. The van der Waals surface area contributed by atoms with E-state index in [9.17, 15) is 9.59 Å². The summed E-state index contributed by atoms with van der Waals surface area (Å²) < 4.78 is 0. The van der Waals surface area contributed by atoms with Crippen LogP contribution in [0.1, 0.15) is 39.5 Å². The van der Waals surface area contributed by atoms with Crippen LogP contribution in [0.15, 0.2) is 0 Å². The summed E-state index contributed by atoms with van der Waals surface area (Å²) in [6.07, 6.45) is 4.12. The molecule has 0 aromatic heterocycles. The molecule has 0 saturated carbocycles. The molecule has 3 amide bonds. The van der Waals surface area contributed by atoms with E-state index in [1.165, 1.54) is 0 Å². The first kappa shape index (κ1) is 16.9. The van der Waals surface area contributed by atoms with Crippen molar-refractivity contribution < 1.29 is 9.59 Å². The molecular formula is C14H28N4O2. The number of imide groups is 1. The van der Waals surface area contributed by atoms with Crippen molar-refractivity contribution in [2.45, 2.75) is 45.6 Å². The zero-order valence-corrected chi connectivity index (χ0v) is 12.7. The number of carbonyl (C=O) groups excluding carboxylic acids is 2. The maximum Gasteiger partial charge on any atom is 0.321 e. The van der Waals surface area contributed by atoms with Crippen molar-refractivity contribution in [2.24, 2.45) is 0 Å². The van der Waals surface area contributed by atoms with Crippen molar-refractivity contribution in [3.63, 3.8) is 0 Å². The minimum Gasteiger partial charge on any atom is -0.338 e. The summed E-state index contributed by atoms with van der Waals surface area (Å²) in [5, 5.41) is 8.40. The van der Waals surface area contributed by atoms with Crippen LogP contribution in [-0.2, 0) is 4.79 Å². The third-order valence-corrected chi connectivity index (χ3v) is 3.43. The zero-order chi connectivity index (χ0) is 14.8. The van der Waals surface area contributed by atoms with Gasteiger partial charge in [0.25, 0.3) is 0 Å². The Morgan fingerprint density at radius 3 is 2.70 bits per heavy atom. The van der Waals surface area contributed by atoms with E-state index >= 15 is 0 Å². The van der Waals surface area contributed by atoms with Crippen molar-refractivity contribution in [3.05, 3.63) is 0 Å². The second kappa shape index (κ2) is 9.72. The van der Waals surface area contributed by atoms with Crippen LogP contribution >= 0.6 is 0 Å². The molecule has 0 spiro atoms. The number of rotatable bonds is 7. The molecule has 20 heavy (non-hydrogen) atoms. The second-order valence-electron chi connectivity index (χ2n) is 5.27. The smallest absolute Gasteiger partial charge is 0.321 e. The maximum absolute atomic E-state index is 11.9. The number of amides is 3. The molecule has 6 nitrogen and oxygen atoms in total. The highest BCUT2D eigenvalue weighted by Gasteiger charge is 2.22. The zero-order valence-electron chi connectivity index (χ0n) is 12.7. The molecule has 0 radical (unpaired) electrons. The Balaban J connectivity index is 2.39.